The van der Waals surface area contributed by atoms with E-state index in [0.29, 0.717) is 16.9 Å². The number of hydrogen-bond donors (Lipinski definition) is 1. The quantitative estimate of drug-likeness (QED) is 0.819. The topological polar surface area (TPSA) is 33.4 Å². The smallest absolute Gasteiger partial charge is 0.137 e. The zero-order chi connectivity index (χ0) is 10.8. The van der Waals surface area contributed by atoms with E-state index in [9.17, 15) is 4.39 Å². The molecule has 0 bridgehead atoms. The van der Waals surface area contributed by atoms with Crippen molar-refractivity contribution in [2.45, 2.75) is 13.5 Å². The van der Waals surface area contributed by atoms with Gasteiger partial charge in [0.1, 0.15) is 17.3 Å². The van der Waals surface area contributed by atoms with Gasteiger partial charge < -0.3 is 9.52 Å². The molecule has 0 amide bonds. The molecule has 1 heterocycles. The Morgan fingerprint density at radius 1 is 1.27 bits per heavy atom. The van der Waals surface area contributed by atoms with Gasteiger partial charge in [-0.05, 0) is 36.8 Å². The maximum atomic E-state index is 13.6. The highest BCUT2D eigenvalue weighted by atomic mass is 19.1. The first-order chi connectivity index (χ1) is 7.20. The van der Waals surface area contributed by atoms with Gasteiger partial charge in [-0.1, -0.05) is 6.07 Å². The van der Waals surface area contributed by atoms with Gasteiger partial charge in [-0.25, -0.2) is 4.39 Å². The third kappa shape index (κ3) is 1.92. The summed E-state index contributed by atoms with van der Waals surface area (Å²) in [6.07, 6.45) is 0. The summed E-state index contributed by atoms with van der Waals surface area (Å²) in [7, 11) is 0. The summed E-state index contributed by atoms with van der Waals surface area (Å²) in [5.74, 6) is 0.876. The maximum Gasteiger partial charge on any atom is 0.137 e. The van der Waals surface area contributed by atoms with E-state index in [1.54, 1.807) is 24.3 Å². The minimum absolute atomic E-state index is 0.158. The summed E-state index contributed by atoms with van der Waals surface area (Å²) in [4.78, 5) is 0. The van der Waals surface area contributed by atoms with Crippen LogP contribution in [0.25, 0.3) is 11.3 Å². The van der Waals surface area contributed by atoms with Crippen molar-refractivity contribution in [3.63, 3.8) is 0 Å². The van der Waals surface area contributed by atoms with Crippen LogP contribution in [0.2, 0.25) is 0 Å². The molecule has 0 aliphatic heterocycles. The highest BCUT2D eigenvalue weighted by Crippen LogP contribution is 2.25. The van der Waals surface area contributed by atoms with Crippen LogP contribution in [0.4, 0.5) is 4.39 Å². The maximum absolute atomic E-state index is 13.6. The number of halogens is 1. The summed E-state index contributed by atoms with van der Waals surface area (Å²) in [5.41, 5.74) is 0.972. The SMILES string of the molecule is Cc1ccc(-c2ccc(CO)cc2F)o1. The Bertz CT molecular complexity index is 474. The van der Waals surface area contributed by atoms with E-state index in [-0.39, 0.29) is 12.4 Å². The summed E-state index contributed by atoms with van der Waals surface area (Å²) < 4.78 is 18.9. The summed E-state index contributed by atoms with van der Waals surface area (Å²) in [5, 5.41) is 8.84. The Labute approximate surface area is 87.0 Å². The van der Waals surface area contributed by atoms with E-state index in [0.717, 1.165) is 5.76 Å². The first-order valence-electron chi connectivity index (χ1n) is 4.67. The van der Waals surface area contributed by atoms with Crippen molar-refractivity contribution < 1.29 is 13.9 Å². The standard InChI is InChI=1S/C12H11FO2/c1-8-2-5-12(15-8)10-4-3-9(7-14)6-11(10)13/h2-6,14H,7H2,1H3. The van der Waals surface area contributed by atoms with Crippen LogP contribution in [0.5, 0.6) is 0 Å². The van der Waals surface area contributed by atoms with Crippen molar-refractivity contribution >= 4 is 0 Å². The van der Waals surface area contributed by atoms with Gasteiger partial charge in [0.2, 0.25) is 0 Å². The van der Waals surface area contributed by atoms with Gasteiger partial charge in [0.25, 0.3) is 0 Å². The zero-order valence-corrected chi connectivity index (χ0v) is 8.33. The molecule has 0 aliphatic rings. The van der Waals surface area contributed by atoms with Gasteiger partial charge in [-0.2, -0.15) is 0 Å². The molecule has 2 rings (SSSR count). The second-order valence-corrected chi connectivity index (χ2v) is 3.38. The molecule has 2 nitrogen and oxygen atoms in total. The molecule has 15 heavy (non-hydrogen) atoms. The van der Waals surface area contributed by atoms with Gasteiger partial charge in [-0.3, -0.25) is 0 Å². The van der Waals surface area contributed by atoms with Crippen LogP contribution in [0, 0.1) is 12.7 Å². The molecule has 1 N–H and O–H groups in total. The molecule has 0 unspecified atom stereocenters. The molecule has 3 heteroatoms. The van der Waals surface area contributed by atoms with Gasteiger partial charge >= 0.3 is 0 Å². The minimum atomic E-state index is -0.379. The molecule has 0 spiro atoms. The second-order valence-electron chi connectivity index (χ2n) is 3.38. The van der Waals surface area contributed by atoms with Crippen LogP contribution >= 0.6 is 0 Å². The average molecular weight is 206 g/mol. The molecule has 78 valence electrons. The molecule has 0 radical (unpaired) electrons. The lowest BCUT2D eigenvalue weighted by atomic mass is 10.1. The number of benzene rings is 1. The molecule has 0 saturated heterocycles. The molecular weight excluding hydrogens is 195 g/mol. The summed E-state index contributed by atoms with van der Waals surface area (Å²) in [6, 6.07) is 8.11. The molecular formula is C12H11FO2. The molecule has 0 atom stereocenters. The first-order valence-corrected chi connectivity index (χ1v) is 4.67. The van der Waals surface area contributed by atoms with E-state index in [2.05, 4.69) is 0 Å². The van der Waals surface area contributed by atoms with Gasteiger partial charge in [0.15, 0.2) is 0 Å². The van der Waals surface area contributed by atoms with Crippen LogP contribution < -0.4 is 0 Å². The van der Waals surface area contributed by atoms with E-state index in [4.69, 9.17) is 9.52 Å². The van der Waals surface area contributed by atoms with Gasteiger partial charge in [0.05, 0.1) is 12.2 Å². The average Bonchev–Trinajstić information content (AvgIpc) is 2.64. The second kappa shape index (κ2) is 3.87. The first kappa shape index (κ1) is 9.93. The van der Waals surface area contributed by atoms with Crippen molar-refractivity contribution in [2.75, 3.05) is 0 Å². The Morgan fingerprint density at radius 2 is 2.07 bits per heavy atom. The highest BCUT2D eigenvalue weighted by molar-refractivity contribution is 5.58. The monoisotopic (exact) mass is 206 g/mol. The molecule has 1 aromatic carbocycles. The predicted molar refractivity (Wildman–Crippen MR) is 54.8 cm³/mol. The molecule has 0 saturated carbocycles. The van der Waals surface area contributed by atoms with Crippen molar-refractivity contribution in [1.29, 1.82) is 0 Å². The Kier molecular flexibility index (Phi) is 2.56. The number of hydrogen-bond acceptors (Lipinski definition) is 2. The van der Waals surface area contributed by atoms with Crippen LogP contribution in [0.15, 0.2) is 34.7 Å². The Balaban J connectivity index is 2.45. The number of aliphatic hydroxyl groups is 1. The third-order valence-electron chi connectivity index (χ3n) is 2.22. The lowest BCUT2D eigenvalue weighted by Gasteiger charge is -2.01. The number of aliphatic hydroxyl groups excluding tert-OH is 1. The van der Waals surface area contributed by atoms with E-state index in [1.165, 1.54) is 6.07 Å². The van der Waals surface area contributed by atoms with Crippen LogP contribution in [-0.4, -0.2) is 5.11 Å². The molecule has 0 aliphatic carbocycles. The van der Waals surface area contributed by atoms with Crippen LogP contribution in [0.1, 0.15) is 11.3 Å². The van der Waals surface area contributed by atoms with E-state index >= 15 is 0 Å². The zero-order valence-electron chi connectivity index (χ0n) is 8.33. The highest BCUT2D eigenvalue weighted by Gasteiger charge is 2.08. The Hall–Kier alpha value is -1.61. The largest absolute Gasteiger partial charge is 0.461 e. The number of aryl methyl sites for hydroxylation is 1. The lowest BCUT2D eigenvalue weighted by Crippen LogP contribution is -1.87. The minimum Gasteiger partial charge on any atom is -0.461 e. The molecule has 2 aromatic rings. The summed E-state index contributed by atoms with van der Waals surface area (Å²) >= 11 is 0. The fourth-order valence-corrected chi connectivity index (χ4v) is 1.44. The predicted octanol–water partition coefficient (Wildman–Crippen LogP) is 2.89. The third-order valence-corrected chi connectivity index (χ3v) is 2.22. The van der Waals surface area contributed by atoms with Crippen molar-refractivity contribution in [1.82, 2.24) is 0 Å². The number of furan rings is 1. The van der Waals surface area contributed by atoms with Crippen molar-refractivity contribution in [3.05, 3.63) is 47.5 Å². The molecule has 1 aromatic heterocycles. The van der Waals surface area contributed by atoms with Crippen molar-refractivity contribution in [2.24, 2.45) is 0 Å². The normalized spacial score (nSPS) is 10.6. The van der Waals surface area contributed by atoms with Crippen molar-refractivity contribution in [3.8, 4) is 11.3 Å². The fourth-order valence-electron chi connectivity index (χ4n) is 1.44. The molecule has 0 fully saturated rings. The van der Waals surface area contributed by atoms with Crippen LogP contribution in [0.3, 0.4) is 0 Å². The van der Waals surface area contributed by atoms with Gasteiger partial charge in [0, 0.05) is 0 Å². The Morgan fingerprint density at radius 3 is 2.60 bits per heavy atom. The van der Waals surface area contributed by atoms with Crippen LogP contribution in [-0.2, 0) is 6.61 Å². The fraction of sp³-hybridized carbons (Fsp3) is 0.167. The number of rotatable bonds is 2. The van der Waals surface area contributed by atoms with Gasteiger partial charge in [-0.15, -0.1) is 0 Å². The van der Waals surface area contributed by atoms with E-state index in [1.807, 2.05) is 6.92 Å². The lowest BCUT2D eigenvalue weighted by molar-refractivity contribution is 0.281. The summed E-state index contributed by atoms with van der Waals surface area (Å²) in [6.45, 7) is 1.65. The van der Waals surface area contributed by atoms with E-state index < -0.39 is 0 Å².